The summed E-state index contributed by atoms with van der Waals surface area (Å²) in [7, 11) is 0. The van der Waals surface area contributed by atoms with Crippen molar-refractivity contribution in [2.75, 3.05) is 5.32 Å². The molecule has 0 bridgehead atoms. The summed E-state index contributed by atoms with van der Waals surface area (Å²) in [5, 5.41) is 4.02. The second kappa shape index (κ2) is 5.31. The van der Waals surface area contributed by atoms with Gasteiger partial charge in [-0.15, -0.1) is 11.3 Å². The Balaban J connectivity index is 1.94. The zero-order valence-corrected chi connectivity index (χ0v) is 12.9. The minimum Gasteiger partial charge on any atom is -0.451 e. The van der Waals surface area contributed by atoms with Crippen molar-refractivity contribution in [3.8, 4) is 0 Å². The van der Waals surface area contributed by atoms with Crippen molar-refractivity contribution in [2.24, 2.45) is 5.73 Å². The molecule has 112 valence electrons. The molecule has 2 amide bonds. The van der Waals surface area contributed by atoms with E-state index >= 15 is 0 Å². The third-order valence-electron chi connectivity index (χ3n) is 3.51. The van der Waals surface area contributed by atoms with Crippen molar-refractivity contribution in [3.05, 3.63) is 52.1 Å². The van der Waals surface area contributed by atoms with Gasteiger partial charge in [-0.2, -0.15) is 0 Å². The molecule has 3 N–H and O–H groups in total. The number of primary amides is 1. The number of furan rings is 1. The lowest BCUT2D eigenvalue weighted by Crippen LogP contribution is -2.17. The van der Waals surface area contributed by atoms with Crippen LogP contribution in [0.5, 0.6) is 0 Å². The Hall–Kier alpha value is -2.60. The fourth-order valence-corrected chi connectivity index (χ4v) is 3.33. The molecule has 0 saturated carbocycles. The second-order valence-electron chi connectivity index (χ2n) is 4.95. The normalized spacial score (nSPS) is 10.8. The number of hydrogen-bond donors (Lipinski definition) is 2. The number of fused-ring (bicyclic) bond motifs is 1. The highest BCUT2D eigenvalue weighted by Crippen LogP contribution is 2.32. The molecule has 0 aliphatic heterocycles. The molecule has 0 aliphatic carbocycles. The van der Waals surface area contributed by atoms with Crippen LogP contribution in [-0.4, -0.2) is 11.8 Å². The molecular weight excluding hydrogens is 300 g/mol. The number of carbonyl (C=O) groups excluding carboxylic acids is 2. The molecular formula is C16H14N2O3S. The number of nitrogens with two attached hydrogens (primary N) is 1. The first-order valence-corrected chi connectivity index (χ1v) is 7.48. The molecule has 0 atom stereocenters. The molecule has 3 aromatic rings. The molecule has 0 fully saturated rings. The van der Waals surface area contributed by atoms with E-state index in [2.05, 4.69) is 5.32 Å². The van der Waals surface area contributed by atoms with Gasteiger partial charge in [0.15, 0.2) is 5.76 Å². The van der Waals surface area contributed by atoms with Gasteiger partial charge in [0.25, 0.3) is 11.8 Å². The van der Waals surface area contributed by atoms with Gasteiger partial charge in [-0.3, -0.25) is 9.59 Å². The molecule has 3 rings (SSSR count). The standard InChI is InChI=1S/C16H14N2O3S/c1-8-9(2)22-16(13(8)14(17)19)18-15(20)12-7-10-5-3-4-6-11(10)21-12/h3-7H,1-2H3,(H2,17,19)(H,18,20). The third-order valence-corrected chi connectivity index (χ3v) is 4.63. The Kier molecular flexibility index (Phi) is 3.46. The van der Waals surface area contributed by atoms with E-state index in [-0.39, 0.29) is 5.76 Å². The van der Waals surface area contributed by atoms with Crippen LogP contribution in [0.15, 0.2) is 34.7 Å². The molecule has 2 heterocycles. The van der Waals surface area contributed by atoms with Crippen LogP contribution in [-0.2, 0) is 0 Å². The van der Waals surface area contributed by atoms with Crippen LogP contribution in [0.3, 0.4) is 0 Å². The number of carbonyl (C=O) groups is 2. The number of hydrogen-bond acceptors (Lipinski definition) is 4. The van der Waals surface area contributed by atoms with E-state index in [0.717, 1.165) is 15.8 Å². The van der Waals surface area contributed by atoms with Crippen LogP contribution in [0.4, 0.5) is 5.00 Å². The molecule has 0 unspecified atom stereocenters. The average Bonchev–Trinajstić information content (AvgIpc) is 3.01. The molecule has 0 saturated heterocycles. The highest BCUT2D eigenvalue weighted by molar-refractivity contribution is 7.16. The summed E-state index contributed by atoms with van der Waals surface area (Å²) < 4.78 is 5.52. The summed E-state index contributed by atoms with van der Waals surface area (Å²) in [4.78, 5) is 24.8. The fourth-order valence-electron chi connectivity index (χ4n) is 2.27. The first-order valence-electron chi connectivity index (χ1n) is 6.67. The van der Waals surface area contributed by atoms with E-state index in [1.807, 2.05) is 32.0 Å². The van der Waals surface area contributed by atoms with E-state index in [1.165, 1.54) is 11.3 Å². The predicted octanol–water partition coefficient (Wildman–Crippen LogP) is 3.46. The van der Waals surface area contributed by atoms with Crippen LogP contribution in [0.2, 0.25) is 0 Å². The Morgan fingerprint density at radius 1 is 1.23 bits per heavy atom. The Labute approximate surface area is 130 Å². The lowest BCUT2D eigenvalue weighted by Gasteiger charge is -2.02. The van der Waals surface area contributed by atoms with Gasteiger partial charge in [0.2, 0.25) is 0 Å². The van der Waals surface area contributed by atoms with E-state index < -0.39 is 11.8 Å². The van der Waals surface area contributed by atoms with Gasteiger partial charge in [0.05, 0.1) is 5.56 Å². The molecule has 22 heavy (non-hydrogen) atoms. The smallest absolute Gasteiger partial charge is 0.292 e. The zero-order valence-electron chi connectivity index (χ0n) is 12.1. The van der Waals surface area contributed by atoms with Crippen molar-refractivity contribution in [1.82, 2.24) is 0 Å². The summed E-state index contributed by atoms with van der Waals surface area (Å²) in [6.07, 6.45) is 0. The van der Waals surface area contributed by atoms with Crippen LogP contribution in [0.1, 0.15) is 31.4 Å². The molecule has 0 aliphatic rings. The maximum absolute atomic E-state index is 12.3. The van der Waals surface area contributed by atoms with Gasteiger partial charge in [0.1, 0.15) is 10.6 Å². The van der Waals surface area contributed by atoms with Crippen molar-refractivity contribution in [3.63, 3.8) is 0 Å². The van der Waals surface area contributed by atoms with E-state index in [0.29, 0.717) is 16.1 Å². The zero-order chi connectivity index (χ0) is 15.9. The van der Waals surface area contributed by atoms with E-state index in [9.17, 15) is 9.59 Å². The highest BCUT2D eigenvalue weighted by Gasteiger charge is 2.21. The van der Waals surface area contributed by atoms with Gasteiger partial charge in [-0.05, 0) is 31.5 Å². The van der Waals surface area contributed by atoms with Crippen molar-refractivity contribution in [2.45, 2.75) is 13.8 Å². The summed E-state index contributed by atoms with van der Waals surface area (Å²) in [6, 6.07) is 9.04. The fraction of sp³-hybridized carbons (Fsp3) is 0.125. The van der Waals surface area contributed by atoms with Crippen LogP contribution < -0.4 is 11.1 Å². The number of anilines is 1. The predicted molar refractivity (Wildman–Crippen MR) is 86.5 cm³/mol. The summed E-state index contributed by atoms with van der Waals surface area (Å²) >= 11 is 1.32. The minimum atomic E-state index is -0.554. The topological polar surface area (TPSA) is 85.3 Å². The van der Waals surface area contributed by atoms with E-state index in [1.54, 1.807) is 12.1 Å². The quantitative estimate of drug-likeness (QED) is 0.776. The Morgan fingerprint density at radius 2 is 1.95 bits per heavy atom. The van der Waals surface area contributed by atoms with Gasteiger partial charge in [-0.1, -0.05) is 18.2 Å². The second-order valence-corrected chi connectivity index (χ2v) is 6.18. The first kappa shape index (κ1) is 14.3. The molecule has 0 spiro atoms. The number of aryl methyl sites for hydroxylation is 1. The van der Waals surface area contributed by atoms with Crippen molar-refractivity contribution in [1.29, 1.82) is 0 Å². The maximum Gasteiger partial charge on any atom is 0.292 e. The summed E-state index contributed by atoms with van der Waals surface area (Å²) in [5.74, 6) is -0.762. The maximum atomic E-state index is 12.3. The third kappa shape index (κ3) is 2.37. The average molecular weight is 314 g/mol. The molecule has 1 aromatic carbocycles. The van der Waals surface area contributed by atoms with Crippen LogP contribution in [0, 0.1) is 13.8 Å². The number of nitrogens with one attached hydrogen (secondary N) is 1. The molecule has 0 radical (unpaired) electrons. The van der Waals surface area contributed by atoms with Crippen molar-refractivity contribution >= 4 is 39.1 Å². The van der Waals surface area contributed by atoms with Gasteiger partial charge in [0, 0.05) is 10.3 Å². The highest BCUT2D eigenvalue weighted by atomic mass is 32.1. The largest absolute Gasteiger partial charge is 0.451 e. The molecule has 5 nitrogen and oxygen atoms in total. The van der Waals surface area contributed by atoms with Gasteiger partial charge >= 0.3 is 0 Å². The monoisotopic (exact) mass is 314 g/mol. The molecule has 6 heteroatoms. The van der Waals surface area contributed by atoms with Gasteiger partial charge < -0.3 is 15.5 Å². The first-order chi connectivity index (χ1) is 10.5. The Morgan fingerprint density at radius 3 is 2.64 bits per heavy atom. The summed E-state index contributed by atoms with van der Waals surface area (Å²) in [5.41, 5.74) is 7.18. The lowest BCUT2D eigenvalue weighted by molar-refractivity contribution is 0.0999. The number of rotatable bonds is 3. The minimum absolute atomic E-state index is 0.195. The van der Waals surface area contributed by atoms with Crippen LogP contribution in [0.25, 0.3) is 11.0 Å². The number of amides is 2. The summed E-state index contributed by atoms with van der Waals surface area (Å²) in [6.45, 7) is 3.69. The lowest BCUT2D eigenvalue weighted by atomic mass is 10.1. The SMILES string of the molecule is Cc1sc(NC(=O)c2cc3ccccc3o2)c(C(N)=O)c1C. The van der Waals surface area contributed by atoms with Crippen LogP contribution >= 0.6 is 11.3 Å². The van der Waals surface area contributed by atoms with Crippen molar-refractivity contribution < 1.29 is 14.0 Å². The van der Waals surface area contributed by atoms with Gasteiger partial charge in [-0.25, -0.2) is 0 Å². The Bertz CT molecular complexity index is 859. The number of para-hydroxylation sites is 1. The number of thiophene rings is 1. The number of benzene rings is 1. The molecule has 2 aromatic heterocycles. The van der Waals surface area contributed by atoms with E-state index in [4.69, 9.17) is 10.2 Å².